The average molecular weight is 376 g/mol. The fraction of sp³-hybridized carbons (Fsp3) is 0.350. The van der Waals surface area contributed by atoms with E-state index in [2.05, 4.69) is 0 Å². The van der Waals surface area contributed by atoms with Crippen LogP contribution in [0.2, 0.25) is 5.02 Å². The molecule has 0 saturated carbocycles. The van der Waals surface area contributed by atoms with Crippen LogP contribution in [0.15, 0.2) is 42.5 Å². The summed E-state index contributed by atoms with van der Waals surface area (Å²) in [6, 6.07) is 13.2. The minimum atomic E-state index is -0.303. The van der Waals surface area contributed by atoms with Crippen molar-refractivity contribution in [3.63, 3.8) is 0 Å². The molecule has 3 rings (SSSR count). The third-order valence-corrected chi connectivity index (χ3v) is 4.81. The predicted molar refractivity (Wildman–Crippen MR) is 100 cm³/mol. The first-order valence-corrected chi connectivity index (χ1v) is 8.83. The quantitative estimate of drug-likeness (QED) is 0.746. The van der Waals surface area contributed by atoms with Gasteiger partial charge in [-0.2, -0.15) is 0 Å². The van der Waals surface area contributed by atoms with E-state index in [-0.39, 0.29) is 18.2 Å². The number of amides is 1. The van der Waals surface area contributed by atoms with Crippen LogP contribution in [-0.2, 0) is 11.2 Å². The first-order valence-electron chi connectivity index (χ1n) is 8.45. The van der Waals surface area contributed by atoms with Crippen molar-refractivity contribution in [1.82, 2.24) is 4.90 Å². The average Bonchev–Trinajstić information content (AvgIpc) is 3.03. The summed E-state index contributed by atoms with van der Waals surface area (Å²) in [4.78, 5) is 14.1. The number of methoxy groups -OCH3 is 2. The fourth-order valence-corrected chi connectivity index (χ4v) is 3.38. The van der Waals surface area contributed by atoms with Gasteiger partial charge in [-0.3, -0.25) is 0 Å². The number of carbonyl (C=O) groups is 1. The Balaban J connectivity index is 1.70. The second kappa shape index (κ2) is 7.87. The van der Waals surface area contributed by atoms with Gasteiger partial charge in [-0.05, 0) is 48.7 Å². The highest BCUT2D eigenvalue weighted by Crippen LogP contribution is 2.31. The molecule has 1 fully saturated rings. The van der Waals surface area contributed by atoms with Crippen LogP contribution >= 0.6 is 11.6 Å². The third-order valence-electron chi connectivity index (χ3n) is 4.57. The van der Waals surface area contributed by atoms with Crippen molar-refractivity contribution >= 4 is 17.7 Å². The number of nitrogens with zero attached hydrogens (tertiary/aromatic N) is 1. The van der Waals surface area contributed by atoms with Gasteiger partial charge in [-0.1, -0.05) is 29.8 Å². The summed E-state index contributed by atoms with van der Waals surface area (Å²) in [7, 11) is 3.22. The lowest BCUT2D eigenvalue weighted by Crippen LogP contribution is -2.35. The van der Waals surface area contributed by atoms with E-state index in [9.17, 15) is 4.79 Å². The van der Waals surface area contributed by atoms with Gasteiger partial charge in [0.05, 0.1) is 20.8 Å². The van der Waals surface area contributed by atoms with Gasteiger partial charge in [0.2, 0.25) is 0 Å². The Hall–Kier alpha value is -2.40. The van der Waals surface area contributed by atoms with E-state index in [0.29, 0.717) is 29.5 Å². The number of hydrogen-bond donors (Lipinski definition) is 0. The molecule has 138 valence electrons. The number of rotatable bonds is 6. The lowest BCUT2D eigenvalue weighted by molar-refractivity contribution is 0.129. The number of carbonyl (C=O) groups excluding carboxylic acids is 1. The SMILES string of the molecule is COc1ccc(C[C@@H](C)N2C[C@H](c3cccc(Cl)c3)OC2=O)cc1OC. The largest absolute Gasteiger partial charge is 0.493 e. The monoisotopic (exact) mass is 375 g/mol. The van der Waals surface area contributed by atoms with Crippen LogP contribution in [0.4, 0.5) is 4.79 Å². The highest BCUT2D eigenvalue weighted by molar-refractivity contribution is 6.30. The molecule has 1 amide bonds. The minimum Gasteiger partial charge on any atom is -0.493 e. The second-order valence-corrected chi connectivity index (χ2v) is 6.76. The molecule has 0 aromatic heterocycles. The molecule has 1 heterocycles. The van der Waals surface area contributed by atoms with Crippen LogP contribution in [0, 0.1) is 0 Å². The van der Waals surface area contributed by atoms with Gasteiger partial charge in [0, 0.05) is 11.1 Å². The zero-order chi connectivity index (χ0) is 18.7. The molecule has 1 saturated heterocycles. The Morgan fingerprint density at radius 1 is 1.19 bits per heavy atom. The van der Waals surface area contributed by atoms with E-state index in [1.54, 1.807) is 25.2 Å². The van der Waals surface area contributed by atoms with Gasteiger partial charge in [0.25, 0.3) is 0 Å². The van der Waals surface area contributed by atoms with Gasteiger partial charge in [0.1, 0.15) is 6.10 Å². The number of benzene rings is 2. The van der Waals surface area contributed by atoms with Crippen LogP contribution in [-0.4, -0.2) is 37.8 Å². The summed E-state index contributed by atoms with van der Waals surface area (Å²) in [6.07, 6.45) is 0.0922. The van der Waals surface area contributed by atoms with Crippen LogP contribution in [0.5, 0.6) is 11.5 Å². The molecular weight excluding hydrogens is 354 g/mol. The van der Waals surface area contributed by atoms with Gasteiger partial charge in [-0.25, -0.2) is 4.79 Å². The number of cyclic esters (lactones) is 1. The first-order chi connectivity index (χ1) is 12.5. The summed E-state index contributed by atoms with van der Waals surface area (Å²) >= 11 is 6.04. The maximum Gasteiger partial charge on any atom is 0.410 e. The van der Waals surface area contributed by atoms with Crippen molar-refractivity contribution in [2.24, 2.45) is 0 Å². The Morgan fingerprint density at radius 3 is 2.65 bits per heavy atom. The molecule has 2 aromatic rings. The number of ether oxygens (including phenoxy) is 3. The molecule has 2 atom stereocenters. The molecule has 6 heteroatoms. The summed E-state index contributed by atoms with van der Waals surface area (Å²) < 4.78 is 16.2. The maximum atomic E-state index is 12.3. The molecule has 1 aliphatic rings. The molecule has 0 aliphatic carbocycles. The van der Waals surface area contributed by atoms with E-state index >= 15 is 0 Å². The standard InChI is InChI=1S/C20H22ClNO4/c1-13(9-14-7-8-17(24-2)18(10-14)25-3)22-12-19(26-20(22)23)15-5-4-6-16(21)11-15/h4-8,10-11,13,19H,9,12H2,1-3H3/t13-,19-/m1/s1. The van der Waals surface area contributed by atoms with Crippen molar-refractivity contribution in [2.75, 3.05) is 20.8 Å². The van der Waals surface area contributed by atoms with Gasteiger partial charge in [0.15, 0.2) is 11.5 Å². The molecule has 26 heavy (non-hydrogen) atoms. The van der Waals surface area contributed by atoms with Crippen LogP contribution in [0.25, 0.3) is 0 Å². The van der Waals surface area contributed by atoms with Gasteiger partial charge in [-0.15, -0.1) is 0 Å². The van der Waals surface area contributed by atoms with Crippen molar-refractivity contribution in [3.8, 4) is 11.5 Å². The molecule has 0 bridgehead atoms. The summed E-state index contributed by atoms with van der Waals surface area (Å²) in [5.74, 6) is 1.36. The molecule has 0 unspecified atom stereocenters. The third kappa shape index (κ3) is 3.88. The molecule has 1 aliphatic heterocycles. The molecule has 0 N–H and O–H groups in total. The Morgan fingerprint density at radius 2 is 1.96 bits per heavy atom. The molecule has 2 aromatic carbocycles. The maximum absolute atomic E-state index is 12.3. The van der Waals surface area contributed by atoms with Crippen molar-refractivity contribution in [1.29, 1.82) is 0 Å². The van der Waals surface area contributed by atoms with Crippen molar-refractivity contribution < 1.29 is 19.0 Å². The summed E-state index contributed by atoms with van der Waals surface area (Å²) in [5.41, 5.74) is 1.97. The number of hydrogen-bond acceptors (Lipinski definition) is 4. The predicted octanol–water partition coefficient (Wildman–Crippen LogP) is 4.48. The van der Waals surface area contributed by atoms with Crippen LogP contribution < -0.4 is 9.47 Å². The normalized spacial score (nSPS) is 17.8. The zero-order valence-corrected chi connectivity index (χ0v) is 15.8. The van der Waals surface area contributed by atoms with Gasteiger partial charge < -0.3 is 19.1 Å². The Bertz CT molecular complexity index is 795. The summed E-state index contributed by atoms with van der Waals surface area (Å²) in [5, 5.41) is 0.635. The molecule has 0 radical (unpaired) electrons. The second-order valence-electron chi connectivity index (χ2n) is 6.32. The zero-order valence-electron chi connectivity index (χ0n) is 15.1. The highest BCUT2D eigenvalue weighted by Gasteiger charge is 2.35. The molecular formula is C20H22ClNO4. The lowest BCUT2D eigenvalue weighted by Gasteiger charge is -2.22. The van der Waals surface area contributed by atoms with Crippen LogP contribution in [0.1, 0.15) is 24.2 Å². The van der Waals surface area contributed by atoms with E-state index in [1.807, 2.05) is 43.3 Å². The topological polar surface area (TPSA) is 48.0 Å². The van der Waals surface area contributed by atoms with E-state index in [0.717, 1.165) is 11.1 Å². The smallest absolute Gasteiger partial charge is 0.410 e. The first kappa shape index (κ1) is 18.4. The summed E-state index contributed by atoms with van der Waals surface area (Å²) in [6.45, 7) is 2.52. The van der Waals surface area contributed by atoms with E-state index in [1.165, 1.54) is 0 Å². The highest BCUT2D eigenvalue weighted by atomic mass is 35.5. The van der Waals surface area contributed by atoms with Crippen molar-refractivity contribution in [3.05, 3.63) is 58.6 Å². The minimum absolute atomic E-state index is 0.00946. The Labute approximate surface area is 158 Å². The van der Waals surface area contributed by atoms with Crippen LogP contribution in [0.3, 0.4) is 0 Å². The van der Waals surface area contributed by atoms with E-state index in [4.69, 9.17) is 25.8 Å². The molecule has 5 nitrogen and oxygen atoms in total. The van der Waals surface area contributed by atoms with Gasteiger partial charge >= 0.3 is 6.09 Å². The molecule has 0 spiro atoms. The van der Waals surface area contributed by atoms with Crippen molar-refractivity contribution in [2.45, 2.75) is 25.5 Å². The fourth-order valence-electron chi connectivity index (χ4n) is 3.18. The lowest BCUT2D eigenvalue weighted by atomic mass is 10.0. The van der Waals surface area contributed by atoms with E-state index < -0.39 is 0 Å². The number of halogens is 1. The Kier molecular flexibility index (Phi) is 5.57.